The van der Waals surface area contributed by atoms with Gasteiger partial charge in [0.25, 0.3) is 0 Å². The van der Waals surface area contributed by atoms with Crippen molar-refractivity contribution in [2.45, 2.75) is 104 Å². The van der Waals surface area contributed by atoms with E-state index in [4.69, 9.17) is 34.2 Å². The average Bonchev–Trinajstić information content (AvgIpc) is 2.85. The van der Waals surface area contributed by atoms with Gasteiger partial charge in [0.1, 0.15) is 17.7 Å². The summed E-state index contributed by atoms with van der Waals surface area (Å²) in [5, 5.41) is 0. The van der Waals surface area contributed by atoms with Crippen LogP contribution in [0.3, 0.4) is 0 Å². The topological polar surface area (TPSA) is 150 Å². The molecule has 0 heterocycles. The Morgan fingerprint density at radius 1 is 0.872 bits per heavy atom. The van der Waals surface area contributed by atoms with Crippen molar-refractivity contribution in [3.05, 3.63) is 23.8 Å². The molecular formula is C28H43NO10. The third-order valence-electron chi connectivity index (χ3n) is 5.76. The Bertz CT molecular complexity index is 950. The summed E-state index contributed by atoms with van der Waals surface area (Å²) < 4.78 is 31.2. The van der Waals surface area contributed by atoms with Gasteiger partial charge in [-0.3, -0.25) is 9.59 Å². The lowest BCUT2D eigenvalue weighted by Gasteiger charge is -2.26. The van der Waals surface area contributed by atoms with Crippen LogP contribution in [0, 0.1) is 0 Å². The summed E-state index contributed by atoms with van der Waals surface area (Å²) in [7, 11) is 1.21. The monoisotopic (exact) mass is 553 g/mol. The van der Waals surface area contributed by atoms with Gasteiger partial charge in [-0.15, -0.1) is 0 Å². The van der Waals surface area contributed by atoms with Gasteiger partial charge in [-0.2, -0.15) is 0 Å². The maximum atomic E-state index is 12.6. The Morgan fingerprint density at radius 2 is 1.44 bits per heavy atom. The molecule has 0 aliphatic heterocycles. The summed E-state index contributed by atoms with van der Waals surface area (Å²) in [5.74, 6) is -1.31. The highest BCUT2D eigenvalue weighted by Crippen LogP contribution is 2.31. The highest BCUT2D eigenvalue weighted by molar-refractivity contribution is 5.81. The van der Waals surface area contributed by atoms with Crippen LogP contribution in [0.25, 0.3) is 0 Å². The predicted molar refractivity (Wildman–Crippen MR) is 143 cm³/mol. The van der Waals surface area contributed by atoms with Crippen molar-refractivity contribution < 1.29 is 47.6 Å². The first-order chi connectivity index (χ1) is 18.5. The zero-order chi connectivity index (χ0) is 29.4. The highest BCUT2D eigenvalue weighted by Gasteiger charge is 2.36. The number of carbonyl (C=O) groups is 4. The average molecular weight is 554 g/mol. The van der Waals surface area contributed by atoms with Crippen molar-refractivity contribution in [1.29, 1.82) is 0 Å². The number of methoxy groups -OCH3 is 1. The molecule has 11 nitrogen and oxygen atoms in total. The Kier molecular flexibility index (Phi) is 14.9. The molecule has 1 unspecified atom stereocenters. The first kappa shape index (κ1) is 33.7. The lowest BCUT2D eigenvalue weighted by molar-refractivity contribution is -0.151. The third kappa shape index (κ3) is 12.4. The maximum Gasteiger partial charge on any atom is 0.514 e. The second-order valence-electron chi connectivity index (χ2n) is 9.46. The molecule has 2 N–H and O–H groups in total. The van der Waals surface area contributed by atoms with E-state index in [2.05, 4.69) is 0 Å². The van der Waals surface area contributed by atoms with Crippen LogP contribution in [-0.4, -0.2) is 55.7 Å². The SMILES string of the molecule is CCCC(=O)OCC[C@@](N)(Cc1ccc(OC(=O)O[C@@H](C)CCC)c(OC(=O)OC(C)CCC)c1)C(=O)OC. The van der Waals surface area contributed by atoms with E-state index in [0.717, 1.165) is 12.8 Å². The number of benzene rings is 1. The fraction of sp³-hybridized carbons (Fsp3) is 0.643. The Morgan fingerprint density at radius 3 is 1.95 bits per heavy atom. The molecule has 11 heteroatoms. The molecule has 39 heavy (non-hydrogen) atoms. The Labute approximate surface area is 230 Å². The van der Waals surface area contributed by atoms with E-state index in [0.29, 0.717) is 24.8 Å². The van der Waals surface area contributed by atoms with E-state index >= 15 is 0 Å². The van der Waals surface area contributed by atoms with E-state index in [9.17, 15) is 19.2 Å². The van der Waals surface area contributed by atoms with Crippen LogP contribution in [-0.2, 0) is 35.0 Å². The van der Waals surface area contributed by atoms with Gasteiger partial charge in [0.15, 0.2) is 11.5 Å². The van der Waals surface area contributed by atoms with Gasteiger partial charge in [-0.05, 0) is 50.8 Å². The molecule has 1 rings (SSSR count). The van der Waals surface area contributed by atoms with Crippen molar-refractivity contribution >= 4 is 24.2 Å². The summed E-state index contributed by atoms with van der Waals surface area (Å²) in [4.78, 5) is 49.1. The standard InChI is InChI=1S/C28H43NO10/c1-7-10-19(4)36-26(32)38-22-14-13-21(17-23(22)39-27(33)37-20(5)11-8-2)18-28(29,25(31)34-6)15-16-35-24(30)12-9-3/h13-14,17,19-20H,7-12,15-16,18,29H2,1-6H3/t19-,20?,28+/m0/s1. The number of carbonyl (C=O) groups excluding carboxylic acids is 4. The first-order valence-electron chi connectivity index (χ1n) is 13.4. The molecule has 0 aliphatic rings. The molecule has 0 radical (unpaired) electrons. The van der Waals surface area contributed by atoms with E-state index < -0.39 is 29.8 Å². The van der Waals surface area contributed by atoms with Gasteiger partial charge >= 0.3 is 24.2 Å². The second kappa shape index (κ2) is 17.3. The van der Waals surface area contributed by atoms with Crippen LogP contribution >= 0.6 is 0 Å². The number of esters is 2. The lowest BCUT2D eigenvalue weighted by atomic mass is 9.88. The molecule has 0 bridgehead atoms. The molecule has 0 saturated heterocycles. The Hall–Kier alpha value is -3.34. The minimum atomic E-state index is -1.55. The second-order valence-corrected chi connectivity index (χ2v) is 9.46. The van der Waals surface area contributed by atoms with Crippen molar-refractivity contribution in [2.75, 3.05) is 13.7 Å². The number of hydrogen-bond donors (Lipinski definition) is 1. The normalized spacial score (nSPS) is 13.8. The molecule has 0 aliphatic carbocycles. The fourth-order valence-corrected chi connectivity index (χ4v) is 3.77. The summed E-state index contributed by atoms with van der Waals surface area (Å²) in [6.07, 6.45) is 1.03. The summed E-state index contributed by atoms with van der Waals surface area (Å²) in [6, 6.07) is 4.37. The predicted octanol–water partition coefficient (Wildman–Crippen LogP) is 5.24. The van der Waals surface area contributed by atoms with Crippen LogP contribution < -0.4 is 15.2 Å². The van der Waals surface area contributed by atoms with Crippen LogP contribution in [0.15, 0.2) is 18.2 Å². The molecule has 0 spiro atoms. The van der Waals surface area contributed by atoms with Crippen molar-refractivity contribution in [3.63, 3.8) is 0 Å². The fourth-order valence-electron chi connectivity index (χ4n) is 3.77. The summed E-state index contributed by atoms with van der Waals surface area (Å²) >= 11 is 0. The molecule has 0 amide bonds. The smallest absolute Gasteiger partial charge is 0.468 e. The highest BCUT2D eigenvalue weighted by atomic mass is 16.7. The number of rotatable bonds is 16. The van der Waals surface area contributed by atoms with Gasteiger partial charge in [0.05, 0.1) is 13.7 Å². The minimum absolute atomic E-state index is 0.0121. The molecule has 0 saturated carbocycles. The van der Waals surface area contributed by atoms with E-state index in [1.165, 1.54) is 19.2 Å². The zero-order valence-corrected chi connectivity index (χ0v) is 23.9. The first-order valence-corrected chi connectivity index (χ1v) is 13.4. The molecule has 1 aromatic carbocycles. The maximum absolute atomic E-state index is 12.6. The largest absolute Gasteiger partial charge is 0.514 e. The van der Waals surface area contributed by atoms with Gasteiger partial charge in [-0.1, -0.05) is 39.7 Å². The molecule has 0 fully saturated rings. The number of ether oxygens (including phenoxy) is 6. The van der Waals surface area contributed by atoms with Gasteiger partial charge < -0.3 is 34.2 Å². The van der Waals surface area contributed by atoms with Gasteiger partial charge in [-0.25, -0.2) is 9.59 Å². The van der Waals surface area contributed by atoms with E-state index in [1.54, 1.807) is 19.9 Å². The number of hydrogen-bond acceptors (Lipinski definition) is 11. The van der Waals surface area contributed by atoms with Crippen LogP contribution in [0.2, 0.25) is 0 Å². The third-order valence-corrected chi connectivity index (χ3v) is 5.76. The minimum Gasteiger partial charge on any atom is -0.468 e. The van der Waals surface area contributed by atoms with E-state index in [1.807, 2.05) is 20.8 Å². The van der Waals surface area contributed by atoms with Crippen LogP contribution in [0.4, 0.5) is 9.59 Å². The van der Waals surface area contributed by atoms with Crippen molar-refractivity contribution in [2.24, 2.45) is 5.73 Å². The molecule has 220 valence electrons. The molecule has 3 atom stereocenters. The van der Waals surface area contributed by atoms with E-state index in [-0.39, 0.29) is 49.6 Å². The molecule has 1 aromatic rings. The van der Waals surface area contributed by atoms with Crippen LogP contribution in [0.5, 0.6) is 11.5 Å². The van der Waals surface area contributed by atoms with Crippen LogP contribution in [0.1, 0.15) is 85.1 Å². The summed E-state index contributed by atoms with van der Waals surface area (Å²) in [5.41, 5.74) is 5.31. The quantitative estimate of drug-likeness (QED) is 0.163. The summed E-state index contributed by atoms with van der Waals surface area (Å²) in [6.45, 7) is 9.15. The number of nitrogens with two attached hydrogens (primary N) is 1. The Balaban J connectivity index is 3.19. The van der Waals surface area contributed by atoms with Crippen molar-refractivity contribution in [1.82, 2.24) is 0 Å². The van der Waals surface area contributed by atoms with Gasteiger partial charge in [0, 0.05) is 19.3 Å². The van der Waals surface area contributed by atoms with Gasteiger partial charge in [0.2, 0.25) is 0 Å². The molecular weight excluding hydrogens is 510 g/mol. The zero-order valence-electron chi connectivity index (χ0n) is 23.9. The van der Waals surface area contributed by atoms with Crippen molar-refractivity contribution in [3.8, 4) is 11.5 Å². The molecule has 0 aromatic heterocycles. The lowest BCUT2D eigenvalue weighted by Crippen LogP contribution is -2.51.